The lowest BCUT2D eigenvalue weighted by Crippen LogP contribution is -2.59. The van der Waals surface area contributed by atoms with Crippen molar-refractivity contribution in [2.45, 2.75) is 32.6 Å². The molecule has 3 rings (SSSR count). The number of nitrogens with zero attached hydrogens (tertiary/aromatic N) is 1. The molecule has 0 spiro atoms. The second kappa shape index (κ2) is 3.45. The Labute approximate surface area is 82.0 Å². The molecule has 0 amide bonds. The van der Waals surface area contributed by atoms with E-state index in [0.717, 1.165) is 5.92 Å². The largest absolute Gasteiger partial charge is 0.320 e. The number of unbranched alkanes of at least 4 members (excludes halogenated alkanes) is 1. The molecule has 1 nitrogen and oxygen atoms in total. The van der Waals surface area contributed by atoms with E-state index < -0.39 is 0 Å². The van der Waals surface area contributed by atoms with Gasteiger partial charge in [0.1, 0.15) is 6.54 Å². The molecular formula is C12H22N+. The molecule has 0 aliphatic carbocycles. The number of hydrogen-bond donors (Lipinski definition) is 0. The maximum Gasteiger partial charge on any atom is 0.100 e. The standard InChI is InChI=1S/C12H22N/c1-3-4-7-13-8-5-12(6-9-13)11(2)10-13/h12H,2-10H2,1H3/q+1. The highest BCUT2D eigenvalue weighted by atomic mass is 15.4. The Hall–Kier alpha value is -0.300. The summed E-state index contributed by atoms with van der Waals surface area (Å²) in [7, 11) is 0. The van der Waals surface area contributed by atoms with Crippen LogP contribution in [0.5, 0.6) is 0 Å². The molecule has 0 N–H and O–H groups in total. The van der Waals surface area contributed by atoms with E-state index in [1.165, 1.54) is 56.3 Å². The van der Waals surface area contributed by atoms with Gasteiger partial charge in [-0.2, -0.15) is 0 Å². The van der Waals surface area contributed by atoms with Crippen LogP contribution in [0.3, 0.4) is 0 Å². The van der Waals surface area contributed by atoms with Gasteiger partial charge in [0.2, 0.25) is 0 Å². The van der Waals surface area contributed by atoms with Gasteiger partial charge in [0.25, 0.3) is 0 Å². The molecule has 0 radical (unpaired) electrons. The first-order chi connectivity index (χ1) is 6.26. The van der Waals surface area contributed by atoms with Crippen LogP contribution in [-0.4, -0.2) is 30.7 Å². The molecule has 0 atom stereocenters. The molecule has 3 aliphatic rings. The summed E-state index contributed by atoms with van der Waals surface area (Å²) in [6.07, 6.45) is 5.58. The van der Waals surface area contributed by atoms with Gasteiger partial charge in [-0.3, -0.25) is 0 Å². The topological polar surface area (TPSA) is 0 Å². The summed E-state index contributed by atoms with van der Waals surface area (Å²) in [6, 6.07) is 0. The summed E-state index contributed by atoms with van der Waals surface area (Å²) >= 11 is 0. The third-order valence-corrected chi connectivity index (χ3v) is 4.01. The Kier molecular flexibility index (Phi) is 2.46. The van der Waals surface area contributed by atoms with E-state index in [2.05, 4.69) is 13.5 Å². The van der Waals surface area contributed by atoms with Crippen molar-refractivity contribution in [1.29, 1.82) is 0 Å². The van der Waals surface area contributed by atoms with Gasteiger partial charge in [0.05, 0.1) is 19.6 Å². The zero-order valence-electron chi connectivity index (χ0n) is 8.89. The van der Waals surface area contributed by atoms with Crippen LogP contribution >= 0.6 is 0 Å². The molecule has 0 aromatic carbocycles. The molecule has 0 saturated carbocycles. The minimum atomic E-state index is 0.890. The molecule has 0 aromatic heterocycles. The lowest BCUT2D eigenvalue weighted by molar-refractivity contribution is -0.936. The van der Waals surface area contributed by atoms with Crippen LogP contribution in [0.4, 0.5) is 0 Å². The number of piperidine rings is 3. The number of rotatable bonds is 3. The monoisotopic (exact) mass is 180 g/mol. The smallest absolute Gasteiger partial charge is 0.100 e. The molecule has 3 heterocycles. The van der Waals surface area contributed by atoms with E-state index in [9.17, 15) is 0 Å². The predicted octanol–water partition coefficient (Wildman–Crippen LogP) is 2.58. The van der Waals surface area contributed by atoms with Crippen LogP contribution in [0.15, 0.2) is 12.2 Å². The van der Waals surface area contributed by atoms with Gasteiger partial charge in [0.15, 0.2) is 0 Å². The fourth-order valence-corrected chi connectivity index (χ4v) is 3.04. The molecule has 13 heavy (non-hydrogen) atoms. The second-order valence-corrected chi connectivity index (χ2v) is 4.96. The van der Waals surface area contributed by atoms with Crippen molar-refractivity contribution in [3.63, 3.8) is 0 Å². The average molecular weight is 180 g/mol. The minimum Gasteiger partial charge on any atom is -0.320 e. The highest BCUT2D eigenvalue weighted by Crippen LogP contribution is 2.36. The molecule has 1 heteroatoms. The molecule has 3 fully saturated rings. The van der Waals surface area contributed by atoms with Gasteiger partial charge < -0.3 is 4.48 Å². The van der Waals surface area contributed by atoms with Crippen LogP contribution in [0, 0.1) is 5.92 Å². The lowest BCUT2D eigenvalue weighted by Gasteiger charge is -2.50. The zero-order chi connectivity index (χ0) is 9.31. The summed E-state index contributed by atoms with van der Waals surface area (Å²) in [5.74, 6) is 0.890. The molecule has 3 saturated heterocycles. The van der Waals surface area contributed by atoms with Crippen LogP contribution in [0.25, 0.3) is 0 Å². The van der Waals surface area contributed by atoms with Gasteiger partial charge in [0, 0.05) is 12.8 Å². The summed E-state index contributed by atoms with van der Waals surface area (Å²) in [6.45, 7) is 12.1. The van der Waals surface area contributed by atoms with Gasteiger partial charge >= 0.3 is 0 Å². The van der Waals surface area contributed by atoms with Crippen LogP contribution in [0.2, 0.25) is 0 Å². The molecule has 74 valence electrons. The van der Waals surface area contributed by atoms with Crippen molar-refractivity contribution in [3.05, 3.63) is 12.2 Å². The third-order valence-electron chi connectivity index (χ3n) is 4.01. The zero-order valence-corrected chi connectivity index (χ0v) is 8.89. The van der Waals surface area contributed by atoms with Gasteiger partial charge in [-0.15, -0.1) is 0 Å². The van der Waals surface area contributed by atoms with Crippen molar-refractivity contribution < 1.29 is 4.48 Å². The molecule has 2 bridgehead atoms. The van der Waals surface area contributed by atoms with E-state index >= 15 is 0 Å². The molecule has 0 aromatic rings. The third kappa shape index (κ3) is 1.67. The highest BCUT2D eigenvalue weighted by Gasteiger charge is 2.41. The van der Waals surface area contributed by atoms with Gasteiger partial charge in [-0.1, -0.05) is 19.9 Å². The molecular weight excluding hydrogens is 158 g/mol. The van der Waals surface area contributed by atoms with Crippen LogP contribution in [0.1, 0.15) is 32.6 Å². The highest BCUT2D eigenvalue weighted by molar-refractivity contribution is 5.05. The summed E-state index contributed by atoms with van der Waals surface area (Å²) in [5, 5.41) is 0. The second-order valence-electron chi connectivity index (χ2n) is 4.96. The normalized spacial score (nSPS) is 38.2. The Morgan fingerprint density at radius 2 is 2.08 bits per heavy atom. The quantitative estimate of drug-likeness (QED) is 0.462. The van der Waals surface area contributed by atoms with Crippen molar-refractivity contribution in [1.82, 2.24) is 0 Å². The van der Waals surface area contributed by atoms with E-state index in [0.29, 0.717) is 0 Å². The predicted molar refractivity (Wildman–Crippen MR) is 56.5 cm³/mol. The minimum absolute atomic E-state index is 0.890. The number of quaternary nitrogens is 1. The Morgan fingerprint density at radius 1 is 1.38 bits per heavy atom. The van der Waals surface area contributed by atoms with Crippen molar-refractivity contribution in [2.75, 3.05) is 26.2 Å². The molecule has 0 unspecified atom stereocenters. The van der Waals surface area contributed by atoms with Gasteiger partial charge in [-0.25, -0.2) is 0 Å². The molecule has 3 aliphatic heterocycles. The van der Waals surface area contributed by atoms with Crippen molar-refractivity contribution >= 4 is 0 Å². The number of hydrogen-bond acceptors (Lipinski definition) is 0. The summed E-state index contributed by atoms with van der Waals surface area (Å²) in [5.41, 5.74) is 1.55. The number of fused-ring (bicyclic) bond motifs is 3. The SMILES string of the molecule is C=C1C[N+]2(CCCC)CCC1CC2. The van der Waals surface area contributed by atoms with Crippen LogP contribution < -0.4 is 0 Å². The first-order valence-electron chi connectivity index (χ1n) is 5.78. The van der Waals surface area contributed by atoms with E-state index in [1.807, 2.05) is 0 Å². The average Bonchev–Trinajstić information content (AvgIpc) is 2.16. The van der Waals surface area contributed by atoms with E-state index in [-0.39, 0.29) is 0 Å². The van der Waals surface area contributed by atoms with Crippen molar-refractivity contribution in [3.8, 4) is 0 Å². The summed E-state index contributed by atoms with van der Waals surface area (Å²) in [4.78, 5) is 0. The Bertz CT molecular complexity index is 199. The first kappa shape index (κ1) is 9.26. The maximum absolute atomic E-state index is 4.23. The lowest BCUT2D eigenvalue weighted by atomic mass is 9.82. The van der Waals surface area contributed by atoms with Gasteiger partial charge in [-0.05, 0) is 17.9 Å². The van der Waals surface area contributed by atoms with Crippen molar-refractivity contribution in [2.24, 2.45) is 5.92 Å². The summed E-state index contributed by atoms with van der Waals surface area (Å²) < 4.78 is 1.38. The van der Waals surface area contributed by atoms with Crippen LogP contribution in [-0.2, 0) is 0 Å². The Balaban J connectivity index is 2.00. The first-order valence-corrected chi connectivity index (χ1v) is 5.78. The maximum atomic E-state index is 4.23. The Morgan fingerprint density at radius 3 is 2.62 bits per heavy atom. The fraction of sp³-hybridized carbons (Fsp3) is 0.833. The van der Waals surface area contributed by atoms with E-state index in [4.69, 9.17) is 0 Å². The fourth-order valence-electron chi connectivity index (χ4n) is 3.04. The van der Waals surface area contributed by atoms with E-state index in [1.54, 1.807) is 5.57 Å².